The van der Waals surface area contributed by atoms with E-state index in [-0.39, 0.29) is 5.97 Å². The van der Waals surface area contributed by atoms with Crippen molar-refractivity contribution in [3.63, 3.8) is 0 Å². The first-order valence-electron chi connectivity index (χ1n) is 10.5. The average molecular weight is 325 g/mol. The number of ether oxygens (including phenoxy) is 1. The van der Waals surface area contributed by atoms with Crippen LogP contribution in [0, 0.1) is 5.92 Å². The molecule has 0 bridgehead atoms. The molecule has 0 aliphatic heterocycles. The Balaban J connectivity index is 1.69. The average Bonchev–Trinajstić information content (AvgIpc) is 3.37. The van der Waals surface area contributed by atoms with E-state index in [1.54, 1.807) is 0 Å². The van der Waals surface area contributed by atoms with Crippen LogP contribution in [0.15, 0.2) is 0 Å². The van der Waals surface area contributed by atoms with Gasteiger partial charge in [-0.3, -0.25) is 4.79 Å². The molecule has 0 aromatic heterocycles. The molecule has 0 N–H and O–H groups in total. The fourth-order valence-corrected chi connectivity index (χ4v) is 3.13. The molecule has 1 aliphatic carbocycles. The SMILES string of the molecule is CCCCCCCOC(=O)CCCCCCCCCCC1CC1. The molecule has 2 nitrogen and oxygen atoms in total. The number of hydrogen-bond donors (Lipinski definition) is 0. The molecule has 23 heavy (non-hydrogen) atoms. The Hall–Kier alpha value is -0.530. The van der Waals surface area contributed by atoms with Gasteiger partial charge in [0.2, 0.25) is 0 Å². The lowest BCUT2D eigenvalue weighted by molar-refractivity contribution is -0.143. The van der Waals surface area contributed by atoms with E-state index in [2.05, 4.69) is 6.92 Å². The molecule has 0 atom stereocenters. The third kappa shape index (κ3) is 14.8. The smallest absolute Gasteiger partial charge is 0.305 e. The van der Waals surface area contributed by atoms with Crippen molar-refractivity contribution in [2.75, 3.05) is 6.61 Å². The molecular formula is C21H40O2. The highest BCUT2D eigenvalue weighted by Gasteiger charge is 2.19. The van der Waals surface area contributed by atoms with E-state index >= 15 is 0 Å². The van der Waals surface area contributed by atoms with E-state index in [1.165, 1.54) is 89.9 Å². The van der Waals surface area contributed by atoms with Gasteiger partial charge in [0.25, 0.3) is 0 Å². The van der Waals surface area contributed by atoms with Crippen molar-refractivity contribution in [2.45, 2.75) is 116 Å². The molecule has 0 aromatic carbocycles. The largest absolute Gasteiger partial charge is 0.466 e. The molecule has 1 fully saturated rings. The summed E-state index contributed by atoms with van der Waals surface area (Å²) in [4.78, 5) is 11.6. The Bertz CT molecular complexity index is 271. The molecule has 136 valence electrons. The van der Waals surface area contributed by atoms with Gasteiger partial charge in [0.05, 0.1) is 6.61 Å². The quantitative estimate of drug-likeness (QED) is 0.217. The van der Waals surface area contributed by atoms with Crippen LogP contribution >= 0.6 is 0 Å². The van der Waals surface area contributed by atoms with Crippen molar-refractivity contribution in [1.29, 1.82) is 0 Å². The zero-order valence-corrected chi connectivity index (χ0v) is 15.6. The molecule has 1 rings (SSSR count). The standard InChI is InChI=1S/C21H40O2/c1-2-3-4-11-14-19-23-21(22)16-13-10-8-6-5-7-9-12-15-20-17-18-20/h20H,2-19H2,1H3. The second-order valence-electron chi connectivity index (χ2n) is 7.45. The minimum Gasteiger partial charge on any atom is -0.466 e. The summed E-state index contributed by atoms with van der Waals surface area (Å²) in [5.74, 6) is 1.12. The fourth-order valence-electron chi connectivity index (χ4n) is 3.13. The number of unbranched alkanes of at least 4 members (excludes halogenated alkanes) is 11. The minimum absolute atomic E-state index is 0.0144. The monoisotopic (exact) mass is 324 g/mol. The van der Waals surface area contributed by atoms with Gasteiger partial charge in [-0.25, -0.2) is 0 Å². The van der Waals surface area contributed by atoms with Gasteiger partial charge in [0.1, 0.15) is 0 Å². The summed E-state index contributed by atoms with van der Waals surface area (Å²) in [7, 11) is 0. The van der Waals surface area contributed by atoms with Gasteiger partial charge in [-0.05, 0) is 18.8 Å². The third-order valence-corrected chi connectivity index (χ3v) is 4.95. The van der Waals surface area contributed by atoms with Crippen molar-refractivity contribution in [1.82, 2.24) is 0 Å². The van der Waals surface area contributed by atoms with Gasteiger partial charge >= 0.3 is 5.97 Å². The summed E-state index contributed by atoms with van der Waals surface area (Å²) >= 11 is 0. The number of esters is 1. The van der Waals surface area contributed by atoms with E-state index in [4.69, 9.17) is 4.74 Å². The van der Waals surface area contributed by atoms with E-state index in [1.807, 2.05) is 0 Å². The van der Waals surface area contributed by atoms with Crippen LogP contribution in [0.4, 0.5) is 0 Å². The molecule has 0 heterocycles. The second-order valence-corrected chi connectivity index (χ2v) is 7.45. The third-order valence-electron chi connectivity index (χ3n) is 4.95. The highest BCUT2D eigenvalue weighted by Crippen LogP contribution is 2.34. The molecule has 0 spiro atoms. The van der Waals surface area contributed by atoms with Gasteiger partial charge in [-0.2, -0.15) is 0 Å². The Morgan fingerprint density at radius 2 is 1.35 bits per heavy atom. The van der Waals surface area contributed by atoms with Crippen LogP contribution < -0.4 is 0 Å². The Kier molecular flexibility index (Phi) is 13.4. The first-order valence-corrected chi connectivity index (χ1v) is 10.5. The van der Waals surface area contributed by atoms with Crippen LogP contribution in [0.2, 0.25) is 0 Å². The summed E-state index contributed by atoms with van der Waals surface area (Å²) in [6, 6.07) is 0. The van der Waals surface area contributed by atoms with Crippen LogP contribution in [0.1, 0.15) is 116 Å². The number of carbonyl (C=O) groups excluding carboxylic acids is 1. The second kappa shape index (κ2) is 15.0. The van der Waals surface area contributed by atoms with Crippen LogP contribution in [0.5, 0.6) is 0 Å². The van der Waals surface area contributed by atoms with E-state index in [9.17, 15) is 4.79 Å². The van der Waals surface area contributed by atoms with Crippen molar-refractivity contribution < 1.29 is 9.53 Å². The van der Waals surface area contributed by atoms with Crippen LogP contribution in [0.3, 0.4) is 0 Å². The molecular weight excluding hydrogens is 284 g/mol. The van der Waals surface area contributed by atoms with Crippen molar-refractivity contribution in [3.8, 4) is 0 Å². The summed E-state index contributed by atoms with van der Waals surface area (Å²) < 4.78 is 5.28. The molecule has 2 heteroatoms. The zero-order valence-electron chi connectivity index (χ0n) is 15.6. The fraction of sp³-hybridized carbons (Fsp3) is 0.952. The van der Waals surface area contributed by atoms with E-state index in [0.29, 0.717) is 13.0 Å². The van der Waals surface area contributed by atoms with Gasteiger partial charge in [0, 0.05) is 6.42 Å². The summed E-state index contributed by atoms with van der Waals surface area (Å²) in [5, 5.41) is 0. The molecule has 0 aromatic rings. The molecule has 0 amide bonds. The Morgan fingerprint density at radius 1 is 0.783 bits per heavy atom. The maximum absolute atomic E-state index is 11.6. The van der Waals surface area contributed by atoms with Gasteiger partial charge in [-0.1, -0.05) is 96.8 Å². The van der Waals surface area contributed by atoms with Crippen LogP contribution in [-0.2, 0) is 9.53 Å². The summed E-state index contributed by atoms with van der Waals surface area (Å²) in [6.45, 7) is 2.85. The lowest BCUT2D eigenvalue weighted by Gasteiger charge is -2.05. The van der Waals surface area contributed by atoms with Gasteiger partial charge < -0.3 is 4.74 Å². The lowest BCUT2D eigenvalue weighted by Crippen LogP contribution is -2.05. The molecule has 0 radical (unpaired) electrons. The van der Waals surface area contributed by atoms with Crippen LogP contribution in [-0.4, -0.2) is 12.6 Å². The highest BCUT2D eigenvalue weighted by atomic mass is 16.5. The Labute approximate surface area is 144 Å². The lowest BCUT2D eigenvalue weighted by atomic mass is 10.1. The van der Waals surface area contributed by atoms with E-state index in [0.717, 1.165) is 18.8 Å². The normalized spacial score (nSPS) is 14.1. The zero-order chi connectivity index (χ0) is 16.6. The number of rotatable bonds is 17. The number of carbonyl (C=O) groups is 1. The summed E-state index contributed by atoms with van der Waals surface area (Å²) in [5.41, 5.74) is 0. The first kappa shape index (κ1) is 20.5. The predicted octanol–water partition coefficient (Wildman–Crippen LogP) is 6.81. The molecule has 0 saturated heterocycles. The van der Waals surface area contributed by atoms with Crippen molar-refractivity contribution in [3.05, 3.63) is 0 Å². The number of hydrogen-bond acceptors (Lipinski definition) is 2. The maximum Gasteiger partial charge on any atom is 0.305 e. The van der Waals surface area contributed by atoms with Gasteiger partial charge in [0.15, 0.2) is 0 Å². The van der Waals surface area contributed by atoms with Crippen molar-refractivity contribution in [2.24, 2.45) is 5.92 Å². The molecule has 1 aliphatic rings. The molecule has 0 unspecified atom stereocenters. The van der Waals surface area contributed by atoms with Gasteiger partial charge in [-0.15, -0.1) is 0 Å². The Morgan fingerprint density at radius 3 is 2.00 bits per heavy atom. The maximum atomic E-state index is 11.6. The highest BCUT2D eigenvalue weighted by molar-refractivity contribution is 5.69. The minimum atomic E-state index is 0.0144. The van der Waals surface area contributed by atoms with E-state index < -0.39 is 0 Å². The topological polar surface area (TPSA) is 26.3 Å². The van der Waals surface area contributed by atoms with Crippen LogP contribution in [0.25, 0.3) is 0 Å². The van der Waals surface area contributed by atoms with Crippen molar-refractivity contribution >= 4 is 5.97 Å². The predicted molar refractivity (Wildman–Crippen MR) is 98.6 cm³/mol. The summed E-state index contributed by atoms with van der Waals surface area (Å²) in [6.07, 6.45) is 21.7. The molecule has 1 saturated carbocycles. The first-order chi connectivity index (χ1) is 11.3.